The van der Waals surface area contributed by atoms with Crippen molar-refractivity contribution in [1.82, 2.24) is 10.2 Å². The molecule has 2 rings (SSSR count). The summed E-state index contributed by atoms with van der Waals surface area (Å²) >= 11 is 0. The van der Waals surface area contributed by atoms with Crippen molar-refractivity contribution in [2.75, 3.05) is 33.8 Å². The topological polar surface area (TPSA) is 50.8 Å². The third-order valence-corrected chi connectivity index (χ3v) is 3.84. The van der Waals surface area contributed by atoms with Gasteiger partial charge in [-0.15, -0.1) is 0 Å². The fourth-order valence-electron chi connectivity index (χ4n) is 2.81. The SMILES string of the molecule is CNC[C@@H]1CCN(C(=O)c2ccc(OC(C)C)c(OC)c2)C1. The normalized spacial score (nSPS) is 17.9. The maximum Gasteiger partial charge on any atom is 0.254 e. The van der Waals surface area contributed by atoms with E-state index in [0.29, 0.717) is 23.0 Å². The molecule has 1 aliphatic rings. The van der Waals surface area contributed by atoms with Crippen LogP contribution in [0, 0.1) is 5.92 Å². The van der Waals surface area contributed by atoms with Crippen LogP contribution >= 0.6 is 0 Å². The lowest BCUT2D eigenvalue weighted by molar-refractivity contribution is 0.0786. The first-order chi connectivity index (χ1) is 10.5. The van der Waals surface area contributed by atoms with Crippen LogP contribution in [0.5, 0.6) is 11.5 Å². The van der Waals surface area contributed by atoms with Crippen LogP contribution in [0.15, 0.2) is 18.2 Å². The molecule has 1 heterocycles. The summed E-state index contributed by atoms with van der Waals surface area (Å²) in [7, 11) is 3.54. The van der Waals surface area contributed by atoms with E-state index in [-0.39, 0.29) is 12.0 Å². The number of likely N-dealkylation sites (tertiary alicyclic amines) is 1. The number of nitrogens with zero attached hydrogens (tertiary/aromatic N) is 1. The fraction of sp³-hybridized carbons (Fsp3) is 0.588. The zero-order chi connectivity index (χ0) is 16.1. The molecule has 1 aliphatic heterocycles. The molecule has 0 saturated carbocycles. The maximum absolute atomic E-state index is 12.6. The minimum atomic E-state index is 0.0630. The Labute approximate surface area is 132 Å². The second kappa shape index (κ2) is 7.49. The van der Waals surface area contributed by atoms with Gasteiger partial charge < -0.3 is 19.7 Å². The Morgan fingerprint density at radius 3 is 2.82 bits per heavy atom. The van der Waals surface area contributed by atoms with E-state index in [4.69, 9.17) is 9.47 Å². The monoisotopic (exact) mass is 306 g/mol. The Kier molecular flexibility index (Phi) is 5.66. The highest BCUT2D eigenvalue weighted by molar-refractivity contribution is 5.95. The third kappa shape index (κ3) is 3.91. The number of rotatable bonds is 6. The lowest BCUT2D eigenvalue weighted by atomic mass is 10.1. The Hall–Kier alpha value is -1.75. The summed E-state index contributed by atoms with van der Waals surface area (Å²) < 4.78 is 11.0. The van der Waals surface area contributed by atoms with Crippen molar-refractivity contribution in [3.63, 3.8) is 0 Å². The van der Waals surface area contributed by atoms with Gasteiger partial charge in [0.2, 0.25) is 0 Å². The fourth-order valence-corrected chi connectivity index (χ4v) is 2.81. The summed E-state index contributed by atoms with van der Waals surface area (Å²) in [5.74, 6) is 1.88. The highest BCUT2D eigenvalue weighted by Gasteiger charge is 2.27. The first-order valence-electron chi connectivity index (χ1n) is 7.83. The molecule has 1 aromatic rings. The van der Waals surface area contributed by atoms with E-state index in [2.05, 4.69) is 5.32 Å². The van der Waals surface area contributed by atoms with Crippen molar-refractivity contribution in [3.8, 4) is 11.5 Å². The van der Waals surface area contributed by atoms with Crippen LogP contribution in [0.4, 0.5) is 0 Å². The van der Waals surface area contributed by atoms with Crippen molar-refractivity contribution in [2.24, 2.45) is 5.92 Å². The number of nitrogens with one attached hydrogen (secondary N) is 1. The molecule has 122 valence electrons. The lowest BCUT2D eigenvalue weighted by Gasteiger charge is -2.18. The summed E-state index contributed by atoms with van der Waals surface area (Å²) in [6, 6.07) is 5.40. The van der Waals surface area contributed by atoms with E-state index in [1.165, 1.54) is 0 Å². The first kappa shape index (κ1) is 16.6. The van der Waals surface area contributed by atoms with E-state index < -0.39 is 0 Å². The molecular formula is C17H26N2O3. The van der Waals surface area contributed by atoms with Crippen LogP contribution in [0.3, 0.4) is 0 Å². The molecule has 5 heteroatoms. The Balaban J connectivity index is 2.10. The number of carbonyl (C=O) groups is 1. The van der Waals surface area contributed by atoms with E-state index in [9.17, 15) is 4.79 Å². The zero-order valence-electron chi connectivity index (χ0n) is 13.9. The van der Waals surface area contributed by atoms with E-state index in [1.807, 2.05) is 37.9 Å². The first-order valence-corrected chi connectivity index (χ1v) is 7.83. The van der Waals surface area contributed by atoms with Crippen molar-refractivity contribution >= 4 is 5.91 Å². The Morgan fingerprint density at radius 1 is 1.41 bits per heavy atom. The summed E-state index contributed by atoms with van der Waals surface area (Å²) in [5, 5.41) is 3.18. The second-order valence-electron chi connectivity index (χ2n) is 6.00. The van der Waals surface area contributed by atoms with Crippen molar-refractivity contribution in [3.05, 3.63) is 23.8 Å². The van der Waals surface area contributed by atoms with Gasteiger partial charge in [0.05, 0.1) is 13.2 Å². The summed E-state index contributed by atoms with van der Waals surface area (Å²) in [6.45, 7) is 6.51. The van der Waals surface area contributed by atoms with Gasteiger partial charge in [0.1, 0.15) is 0 Å². The van der Waals surface area contributed by atoms with Gasteiger partial charge in [-0.25, -0.2) is 0 Å². The Morgan fingerprint density at radius 2 is 2.18 bits per heavy atom. The smallest absolute Gasteiger partial charge is 0.254 e. The van der Waals surface area contributed by atoms with Gasteiger partial charge in [-0.1, -0.05) is 0 Å². The van der Waals surface area contributed by atoms with Gasteiger partial charge in [0.25, 0.3) is 5.91 Å². The number of hydrogen-bond donors (Lipinski definition) is 1. The van der Waals surface area contributed by atoms with Crippen LogP contribution in [-0.2, 0) is 0 Å². The largest absolute Gasteiger partial charge is 0.493 e. The van der Waals surface area contributed by atoms with Crippen LogP contribution in [0.1, 0.15) is 30.6 Å². The van der Waals surface area contributed by atoms with Gasteiger partial charge >= 0.3 is 0 Å². The second-order valence-corrected chi connectivity index (χ2v) is 6.00. The minimum Gasteiger partial charge on any atom is -0.493 e. The van der Waals surface area contributed by atoms with Crippen molar-refractivity contribution < 1.29 is 14.3 Å². The molecule has 0 spiro atoms. The molecule has 0 aromatic heterocycles. The molecule has 0 aliphatic carbocycles. The van der Waals surface area contributed by atoms with Crippen LogP contribution in [-0.4, -0.2) is 50.7 Å². The molecule has 1 atom stereocenters. The van der Waals surface area contributed by atoms with Crippen LogP contribution < -0.4 is 14.8 Å². The lowest BCUT2D eigenvalue weighted by Crippen LogP contribution is -2.30. The third-order valence-electron chi connectivity index (χ3n) is 3.84. The summed E-state index contributed by atoms with van der Waals surface area (Å²) in [5.41, 5.74) is 0.651. The highest BCUT2D eigenvalue weighted by atomic mass is 16.5. The minimum absolute atomic E-state index is 0.0630. The molecular weight excluding hydrogens is 280 g/mol. The van der Waals surface area contributed by atoms with Crippen molar-refractivity contribution in [2.45, 2.75) is 26.4 Å². The highest BCUT2D eigenvalue weighted by Crippen LogP contribution is 2.30. The summed E-state index contributed by atoms with van der Waals surface area (Å²) in [6.07, 6.45) is 1.12. The van der Waals surface area contributed by atoms with Crippen LogP contribution in [0.2, 0.25) is 0 Å². The number of ether oxygens (including phenoxy) is 2. The number of carbonyl (C=O) groups excluding carboxylic acids is 1. The van der Waals surface area contributed by atoms with Gasteiger partial charge in [-0.3, -0.25) is 4.79 Å². The number of amides is 1. The molecule has 5 nitrogen and oxygen atoms in total. The number of benzene rings is 1. The molecule has 0 radical (unpaired) electrons. The summed E-state index contributed by atoms with van der Waals surface area (Å²) in [4.78, 5) is 14.5. The number of methoxy groups -OCH3 is 1. The van der Waals surface area contributed by atoms with E-state index in [1.54, 1.807) is 13.2 Å². The van der Waals surface area contributed by atoms with Gasteiger partial charge in [0.15, 0.2) is 11.5 Å². The quantitative estimate of drug-likeness (QED) is 0.875. The standard InChI is InChI=1S/C17H26N2O3/c1-12(2)22-15-6-5-14(9-16(15)21-4)17(20)19-8-7-13(11-19)10-18-3/h5-6,9,12-13,18H,7-8,10-11H2,1-4H3/t13-/m0/s1. The van der Waals surface area contributed by atoms with E-state index in [0.717, 1.165) is 26.1 Å². The molecule has 0 bridgehead atoms. The van der Waals surface area contributed by atoms with Gasteiger partial charge in [-0.2, -0.15) is 0 Å². The van der Waals surface area contributed by atoms with E-state index >= 15 is 0 Å². The van der Waals surface area contributed by atoms with Gasteiger partial charge in [-0.05, 0) is 58.0 Å². The zero-order valence-corrected chi connectivity index (χ0v) is 13.9. The predicted octanol–water partition coefficient (Wildman–Crippen LogP) is 2.16. The van der Waals surface area contributed by atoms with Crippen molar-refractivity contribution in [1.29, 1.82) is 0 Å². The number of hydrogen-bond acceptors (Lipinski definition) is 4. The molecule has 1 saturated heterocycles. The molecule has 1 fully saturated rings. The predicted molar refractivity (Wildman–Crippen MR) is 86.7 cm³/mol. The molecule has 0 unspecified atom stereocenters. The average molecular weight is 306 g/mol. The molecule has 22 heavy (non-hydrogen) atoms. The molecule has 1 aromatic carbocycles. The Bertz CT molecular complexity index is 517. The van der Waals surface area contributed by atoms with Gasteiger partial charge in [0, 0.05) is 18.7 Å². The molecule has 1 amide bonds. The average Bonchev–Trinajstić information content (AvgIpc) is 2.95. The van der Waals surface area contributed by atoms with Crippen LogP contribution in [0.25, 0.3) is 0 Å². The molecule has 1 N–H and O–H groups in total. The maximum atomic E-state index is 12.6.